The lowest BCUT2D eigenvalue weighted by Gasteiger charge is -2.05. The van der Waals surface area contributed by atoms with Crippen LogP contribution >= 0.6 is 11.8 Å². The standard InChI is InChI=1S/C12H17NS/c1-10(2)13-9-11(3)14-12-7-5-4-6-8-12/h4-11H,1-3H3. The number of aliphatic imine (C=N–C) groups is 1. The predicted molar refractivity (Wildman–Crippen MR) is 65.4 cm³/mol. The molecule has 1 aromatic carbocycles. The van der Waals surface area contributed by atoms with Crippen molar-refractivity contribution < 1.29 is 0 Å². The molecule has 1 unspecified atom stereocenters. The molecule has 0 bridgehead atoms. The van der Waals surface area contributed by atoms with Gasteiger partial charge in [0.1, 0.15) is 0 Å². The minimum atomic E-state index is 0.397. The van der Waals surface area contributed by atoms with Gasteiger partial charge >= 0.3 is 0 Å². The van der Waals surface area contributed by atoms with Gasteiger partial charge in [0.2, 0.25) is 0 Å². The molecular formula is C12H17NS. The van der Waals surface area contributed by atoms with Crippen LogP contribution in [0.25, 0.3) is 0 Å². The Hall–Kier alpha value is -0.760. The van der Waals surface area contributed by atoms with Crippen LogP contribution in [-0.4, -0.2) is 17.5 Å². The fourth-order valence-corrected chi connectivity index (χ4v) is 1.91. The van der Waals surface area contributed by atoms with E-state index in [0.717, 1.165) is 0 Å². The Morgan fingerprint density at radius 2 is 1.79 bits per heavy atom. The van der Waals surface area contributed by atoms with E-state index in [1.165, 1.54) is 4.90 Å². The van der Waals surface area contributed by atoms with E-state index in [2.05, 4.69) is 50.0 Å². The highest BCUT2D eigenvalue weighted by Crippen LogP contribution is 2.21. The molecule has 0 fully saturated rings. The molecule has 76 valence electrons. The van der Waals surface area contributed by atoms with Gasteiger partial charge in [0.15, 0.2) is 0 Å². The van der Waals surface area contributed by atoms with Crippen molar-refractivity contribution in [1.82, 2.24) is 0 Å². The average molecular weight is 207 g/mol. The molecule has 0 saturated carbocycles. The molecule has 1 atom stereocenters. The molecule has 0 aliphatic carbocycles. The second-order valence-electron chi connectivity index (χ2n) is 3.53. The Bertz CT molecular complexity index is 280. The maximum atomic E-state index is 4.37. The van der Waals surface area contributed by atoms with Crippen LogP contribution in [0, 0.1) is 0 Å². The van der Waals surface area contributed by atoms with Crippen molar-refractivity contribution in [2.24, 2.45) is 4.99 Å². The zero-order chi connectivity index (χ0) is 10.4. The van der Waals surface area contributed by atoms with Gasteiger partial charge in [-0.25, -0.2) is 0 Å². The highest BCUT2D eigenvalue weighted by atomic mass is 32.2. The second-order valence-corrected chi connectivity index (χ2v) is 4.98. The lowest BCUT2D eigenvalue weighted by molar-refractivity contribution is 0.837. The van der Waals surface area contributed by atoms with Gasteiger partial charge in [-0.15, -0.1) is 11.8 Å². The third-order valence-corrected chi connectivity index (χ3v) is 2.70. The van der Waals surface area contributed by atoms with E-state index < -0.39 is 0 Å². The molecular weight excluding hydrogens is 190 g/mol. The van der Waals surface area contributed by atoms with Gasteiger partial charge in [-0.3, -0.25) is 4.99 Å². The molecule has 0 aliphatic rings. The van der Waals surface area contributed by atoms with Crippen molar-refractivity contribution >= 4 is 18.0 Å². The maximum Gasteiger partial charge on any atom is 0.0439 e. The number of hydrogen-bond donors (Lipinski definition) is 0. The fraction of sp³-hybridized carbons (Fsp3) is 0.417. The summed E-state index contributed by atoms with van der Waals surface area (Å²) in [5.41, 5.74) is 0. The molecule has 0 saturated heterocycles. The molecule has 1 rings (SSSR count). The summed E-state index contributed by atoms with van der Waals surface area (Å²) < 4.78 is 0. The van der Waals surface area contributed by atoms with Crippen molar-refractivity contribution in [3.05, 3.63) is 30.3 Å². The quantitative estimate of drug-likeness (QED) is 0.542. The van der Waals surface area contributed by atoms with Gasteiger partial charge in [-0.05, 0) is 32.9 Å². The van der Waals surface area contributed by atoms with Crippen LogP contribution in [0.4, 0.5) is 0 Å². The van der Waals surface area contributed by atoms with E-state index in [1.54, 1.807) is 0 Å². The smallest absolute Gasteiger partial charge is 0.0439 e. The number of nitrogens with zero attached hydrogens (tertiary/aromatic N) is 1. The lowest BCUT2D eigenvalue weighted by atomic mass is 10.4. The zero-order valence-electron chi connectivity index (χ0n) is 8.97. The highest BCUT2D eigenvalue weighted by Gasteiger charge is 2.00. The van der Waals surface area contributed by atoms with Crippen molar-refractivity contribution in [2.75, 3.05) is 0 Å². The normalized spacial score (nSPS) is 13.7. The van der Waals surface area contributed by atoms with E-state index >= 15 is 0 Å². The van der Waals surface area contributed by atoms with E-state index in [1.807, 2.05) is 24.0 Å². The first kappa shape index (κ1) is 11.3. The Morgan fingerprint density at radius 3 is 2.36 bits per heavy atom. The van der Waals surface area contributed by atoms with E-state index in [4.69, 9.17) is 0 Å². The minimum Gasteiger partial charge on any atom is -0.294 e. The summed E-state index contributed by atoms with van der Waals surface area (Å²) in [7, 11) is 0. The molecule has 0 N–H and O–H groups in total. The number of benzene rings is 1. The van der Waals surface area contributed by atoms with Gasteiger partial charge in [-0.2, -0.15) is 0 Å². The van der Waals surface area contributed by atoms with Crippen molar-refractivity contribution in [3.8, 4) is 0 Å². The van der Waals surface area contributed by atoms with Crippen molar-refractivity contribution in [2.45, 2.75) is 37.0 Å². The molecule has 2 heteroatoms. The summed E-state index contributed by atoms with van der Waals surface area (Å²) in [5.74, 6) is 0. The van der Waals surface area contributed by atoms with E-state index in [-0.39, 0.29) is 0 Å². The van der Waals surface area contributed by atoms with E-state index in [0.29, 0.717) is 11.3 Å². The Balaban J connectivity index is 2.45. The molecule has 0 heterocycles. The van der Waals surface area contributed by atoms with Crippen LogP contribution < -0.4 is 0 Å². The van der Waals surface area contributed by atoms with Crippen molar-refractivity contribution in [3.63, 3.8) is 0 Å². The average Bonchev–Trinajstić information content (AvgIpc) is 2.16. The largest absolute Gasteiger partial charge is 0.294 e. The molecule has 0 aromatic heterocycles. The fourth-order valence-electron chi connectivity index (χ4n) is 1.04. The van der Waals surface area contributed by atoms with Gasteiger partial charge in [-0.1, -0.05) is 18.2 Å². The third kappa shape index (κ3) is 4.47. The Labute approximate surface area is 90.6 Å². The summed E-state index contributed by atoms with van der Waals surface area (Å²) in [5, 5.41) is 0.444. The first-order valence-electron chi connectivity index (χ1n) is 4.93. The number of rotatable bonds is 4. The molecule has 1 aromatic rings. The molecule has 0 spiro atoms. The molecule has 0 radical (unpaired) electrons. The van der Waals surface area contributed by atoms with Gasteiger partial charge in [0.05, 0.1) is 0 Å². The minimum absolute atomic E-state index is 0.397. The SMILES string of the molecule is CC(C)N=CC(C)Sc1ccccc1. The maximum absolute atomic E-state index is 4.37. The Morgan fingerprint density at radius 1 is 1.14 bits per heavy atom. The van der Waals surface area contributed by atoms with Crippen LogP contribution in [-0.2, 0) is 0 Å². The second kappa shape index (κ2) is 5.86. The molecule has 1 nitrogen and oxygen atoms in total. The summed E-state index contributed by atoms with van der Waals surface area (Å²) in [4.78, 5) is 5.68. The number of thioether (sulfide) groups is 1. The zero-order valence-corrected chi connectivity index (χ0v) is 9.79. The summed E-state index contributed by atoms with van der Waals surface area (Å²) >= 11 is 1.84. The highest BCUT2D eigenvalue weighted by molar-refractivity contribution is 8.00. The van der Waals surface area contributed by atoms with Crippen LogP contribution in [0.15, 0.2) is 40.2 Å². The first-order chi connectivity index (χ1) is 6.68. The van der Waals surface area contributed by atoms with Gasteiger partial charge < -0.3 is 0 Å². The molecule has 14 heavy (non-hydrogen) atoms. The van der Waals surface area contributed by atoms with Gasteiger partial charge in [0, 0.05) is 22.4 Å². The van der Waals surface area contributed by atoms with Crippen LogP contribution in [0.1, 0.15) is 20.8 Å². The van der Waals surface area contributed by atoms with Crippen molar-refractivity contribution in [1.29, 1.82) is 0 Å². The topological polar surface area (TPSA) is 12.4 Å². The summed E-state index contributed by atoms with van der Waals surface area (Å²) in [6, 6.07) is 10.8. The first-order valence-corrected chi connectivity index (χ1v) is 5.81. The van der Waals surface area contributed by atoms with Gasteiger partial charge in [0.25, 0.3) is 0 Å². The van der Waals surface area contributed by atoms with Crippen LogP contribution in [0.3, 0.4) is 0 Å². The molecule has 0 aliphatic heterocycles. The lowest BCUT2D eigenvalue weighted by Crippen LogP contribution is -2.00. The van der Waals surface area contributed by atoms with Crippen LogP contribution in [0.5, 0.6) is 0 Å². The van der Waals surface area contributed by atoms with E-state index in [9.17, 15) is 0 Å². The monoisotopic (exact) mass is 207 g/mol. The molecule has 0 amide bonds. The summed E-state index contributed by atoms with van der Waals surface area (Å²) in [6.07, 6.45) is 2.03. The summed E-state index contributed by atoms with van der Waals surface area (Å²) in [6.45, 7) is 6.36. The Kier molecular flexibility index (Phi) is 4.74. The number of hydrogen-bond acceptors (Lipinski definition) is 2. The van der Waals surface area contributed by atoms with Crippen LogP contribution in [0.2, 0.25) is 0 Å². The predicted octanol–water partition coefficient (Wildman–Crippen LogP) is 3.65. The third-order valence-electron chi connectivity index (χ3n) is 1.66.